The van der Waals surface area contributed by atoms with Gasteiger partial charge in [-0.05, 0) is 30.2 Å². The molecule has 104 valence electrons. The van der Waals surface area contributed by atoms with Crippen LogP contribution < -0.4 is 4.74 Å². The molecule has 2 aromatic carbocycles. The fraction of sp³-hybridized carbons (Fsp3) is 0.222. The number of aryl methyl sites for hydroxylation is 1. The lowest BCUT2D eigenvalue weighted by Gasteiger charge is -2.15. The van der Waals surface area contributed by atoms with Crippen LogP contribution in [0.15, 0.2) is 55.1 Å². The van der Waals surface area contributed by atoms with Crippen LogP contribution in [0.2, 0.25) is 0 Å². The van der Waals surface area contributed by atoms with Crippen molar-refractivity contribution in [2.75, 3.05) is 0 Å². The Hall–Kier alpha value is -2.22. The fourth-order valence-corrected chi connectivity index (χ4v) is 2.07. The second kappa shape index (κ2) is 6.29. The smallest absolute Gasteiger partial charge is 0.123 e. The molecule has 1 atom stereocenters. The highest BCUT2D eigenvalue weighted by molar-refractivity contribution is 5.47. The average molecular weight is 268 g/mol. The van der Waals surface area contributed by atoms with Gasteiger partial charge < -0.3 is 9.84 Å². The van der Waals surface area contributed by atoms with Crippen molar-refractivity contribution in [2.24, 2.45) is 0 Å². The van der Waals surface area contributed by atoms with Crippen molar-refractivity contribution in [3.63, 3.8) is 0 Å². The maximum Gasteiger partial charge on any atom is 0.123 e. The maximum absolute atomic E-state index is 10.00. The molecule has 20 heavy (non-hydrogen) atoms. The molecule has 0 aromatic heterocycles. The number of aromatic hydroxyl groups is 1. The highest BCUT2D eigenvalue weighted by atomic mass is 16.5. The van der Waals surface area contributed by atoms with Crippen LogP contribution >= 0.6 is 0 Å². The summed E-state index contributed by atoms with van der Waals surface area (Å²) in [6.45, 7) is 8.23. The van der Waals surface area contributed by atoms with Gasteiger partial charge in [0.2, 0.25) is 0 Å². The van der Waals surface area contributed by atoms with Crippen LogP contribution in [0.4, 0.5) is 0 Å². The molecule has 0 aliphatic carbocycles. The Kier molecular flexibility index (Phi) is 4.46. The quantitative estimate of drug-likeness (QED) is 0.805. The highest BCUT2D eigenvalue weighted by Gasteiger charge is 2.11. The molecule has 0 fully saturated rings. The van der Waals surface area contributed by atoms with E-state index in [4.69, 9.17) is 4.74 Å². The van der Waals surface area contributed by atoms with Gasteiger partial charge >= 0.3 is 0 Å². The number of phenols is 1. The predicted molar refractivity (Wildman–Crippen MR) is 82.2 cm³/mol. The number of rotatable bonds is 5. The fourth-order valence-electron chi connectivity index (χ4n) is 2.07. The molecule has 1 N–H and O–H groups in total. The highest BCUT2D eigenvalue weighted by Crippen LogP contribution is 2.33. The first-order chi connectivity index (χ1) is 9.61. The molecule has 0 radical (unpaired) electrons. The van der Waals surface area contributed by atoms with Crippen LogP contribution in [0, 0.1) is 6.92 Å². The van der Waals surface area contributed by atoms with Gasteiger partial charge in [-0.15, -0.1) is 6.58 Å². The summed E-state index contributed by atoms with van der Waals surface area (Å²) >= 11 is 0. The summed E-state index contributed by atoms with van der Waals surface area (Å²) in [5.74, 6) is 1.19. The van der Waals surface area contributed by atoms with Crippen molar-refractivity contribution < 1.29 is 9.84 Å². The summed E-state index contributed by atoms with van der Waals surface area (Å²) in [6.07, 6.45) is 1.81. The number of allylic oxidation sites excluding steroid dienone is 1. The van der Waals surface area contributed by atoms with E-state index >= 15 is 0 Å². The van der Waals surface area contributed by atoms with E-state index in [-0.39, 0.29) is 5.92 Å². The van der Waals surface area contributed by atoms with Gasteiger partial charge in [-0.2, -0.15) is 0 Å². The zero-order valence-corrected chi connectivity index (χ0v) is 12.0. The largest absolute Gasteiger partial charge is 0.508 e. The van der Waals surface area contributed by atoms with E-state index in [2.05, 4.69) is 6.58 Å². The number of hydrogen-bond acceptors (Lipinski definition) is 2. The van der Waals surface area contributed by atoms with Crippen molar-refractivity contribution in [1.29, 1.82) is 0 Å². The topological polar surface area (TPSA) is 29.5 Å². The summed E-state index contributed by atoms with van der Waals surface area (Å²) in [5.41, 5.74) is 2.89. The monoisotopic (exact) mass is 268 g/mol. The maximum atomic E-state index is 10.00. The van der Waals surface area contributed by atoms with Crippen LogP contribution in [0.3, 0.4) is 0 Å². The van der Waals surface area contributed by atoms with Crippen molar-refractivity contribution in [2.45, 2.75) is 26.4 Å². The van der Waals surface area contributed by atoms with Gasteiger partial charge in [-0.3, -0.25) is 0 Å². The van der Waals surface area contributed by atoms with Crippen molar-refractivity contribution in [1.82, 2.24) is 0 Å². The van der Waals surface area contributed by atoms with Crippen LogP contribution in [-0.4, -0.2) is 5.11 Å². The second-order valence-electron chi connectivity index (χ2n) is 4.98. The molecule has 2 aromatic rings. The molecule has 2 rings (SSSR count). The first-order valence-corrected chi connectivity index (χ1v) is 6.74. The van der Waals surface area contributed by atoms with E-state index in [9.17, 15) is 5.11 Å². The van der Waals surface area contributed by atoms with E-state index in [1.54, 1.807) is 6.07 Å². The lowest BCUT2D eigenvalue weighted by Crippen LogP contribution is -1.99. The van der Waals surface area contributed by atoms with Crippen LogP contribution in [-0.2, 0) is 6.61 Å². The van der Waals surface area contributed by atoms with Gasteiger partial charge in [0.05, 0.1) is 0 Å². The van der Waals surface area contributed by atoms with Gasteiger partial charge in [0.15, 0.2) is 0 Å². The molecule has 1 unspecified atom stereocenters. The second-order valence-corrected chi connectivity index (χ2v) is 4.98. The number of ether oxygens (including phenoxy) is 1. The van der Waals surface area contributed by atoms with Gasteiger partial charge in [0.1, 0.15) is 18.1 Å². The average Bonchev–Trinajstić information content (AvgIpc) is 2.46. The third-order valence-corrected chi connectivity index (χ3v) is 3.41. The van der Waals surface area contributed by atoms with Crippen LogP contribution in [0.5, 0.6) is 11.5 Å². The zero-order chi connectivity index (χ0) is 14.5. The van der Waals surface area contributed by atoms with Gasteiger partial charge in [0.25, 0.3) is 0 Å². The minimum absolute atomic E-state index is 0.0923. The summed E-state index contributed by atoms with van der Waals surface area (Å²) in [7, 11) is 0. The number of hydrogen-bond donors (Lipinski definition) is 1. The summed E-state index contributed by atoms with van der Waals surface area (Å²) in [6, 6.07) is 13.7. The SMILES string of the molecule is C=CC(C)c1cc(OCc2ccccc2)c(C)cc1O. The van der Waals surface area contributed by atoms with Crippen molar-refractivity contribution >= 4 is 0 Å². The van der Waals surface area contributed by atoms with Gasteiger partial charge in [-0.25, -0.2) is 0 Å². The molecule has 0 amide bonds. The molecule has 0 aliphatic heterocycles. The Morgan fingerprint density at radius 1 is 1.25 bits per heavy atom. The summed E-state index contributed by atoms with van der Waals surface area (Å²) in [4.78, 5) is 0. The van der Waals surface area contributed by atoms with Gasteiger partial charge in [0, 0.05) is 11.5 Å². The first-order valence-electron chi connectivity index (χ1n) is 6.74. The molecule has 0 saturated carbocycles. The predicted octanol–water partition coefficient (Wildman–Crippen LogP) is 4.57. The normalized spacial score (nSPS) is 11.9. The molecule has 2 heteroatoms. The third-order valence-electron chi connectivity index (χ3n) is 3.41. The molecular weight excluding hydrogens is 248 g/mol. The molecule has 0 aliphatic rings. The Bertz CT molecular complexity index is 588. The molecule has 0 bridgehead atoms. The molecular formula is C18H20O2. The van der Waals surface area contributed by atoms with E-state index in [1.165, 1.54) is 0 Å². The zero-order valence-electron chi connectivity index (χ0n) is 12.0. The standard InChI is InChI=1S/C18H20O2/c1-4-13(2)16-11-18(14(3)10-17(16)19)20-12-15-8-6-5-7-9-15/h4-11,13,19H,1,12H2,2-3H3. The molecule has 2 nitrogen and oxygen atoms in total. The lowest BCUT2D eigenvalue weighted by molar-refractivity contribution is 0.303. The van der Waals surface area contributed by atoms with E-state index in [0.717, 1.165) is 22.4 Å². The molecule has 0 saturated heterocycles. The number of phenolic OH excluding ortho intramolecular Hbond substituents is 1. The van der Waals surface area contributed by atoms with Crippen molar-refractivity contribution in [3.05, 3.63) is 71.8 Å². The Balaban J connectivity index is 2.21. The Morgan fingerprint density at radius 2 is 1.95 bits per heavy atom. The van der Waals surface area contributed by atoms with E-state index in [0.29, 0.717) is 12.4 Å². The minimum atomic E-state index is 0.0923. The van der Waals surface area contributed by atoms with Crippen LogP contribution in [0.1, 0.15) is 29.5 Å². The Morgan fingerprint density at radius 3 is 2.60 bits per heavy atom. The Labute approximate surface area is 120 Å². The lowest BCUT2D eigenvalue weighted by atomic mass is 9.98. The van der Waals surface area contributed by atoms with E-state index in [1.807, 2.05) is 56.3 Å². The molecule has 0 spiro atoms. The van der Waals surface area contributed by atoms with E-state index < -0.39 is 0 Å². The third kappa shape index (κ3) is 3.21. The van der Waals surface area contributed by atoms with Crippen molar-refractivity contribution in [3.8, 4) is 11.5 Å². The number of benzene rings is 2. The van der Waals surface area contributed by atoms with Crippen LogP contribution in [0.25, 0.3) is 0 Å². The van der Waals surface area contributed by atoms with Gasteiger partial charge in [-0.1, -0.05) is 43.3 Å². The minimum Gasteiger partial charge on any atom is -0.508 e. The first kappa shape index (κ1) is 14.2. The molecule has 0 heterocycles. The summed E-state index contributed by atoms with van der Waals surface area (Å²) in [5, 5.41) is 10.00. The summed E-state index contributed by atoms with van der Waals surface area (Å²) < 4.78 is 5.87.